The molecule has 30 heavy (non-hydrogen) atoms. The lowest BCUT2D eigenvalue weighted by molar-refractivity contribution is -0.133. The molecule has 3 amide bonds. The molecule has 1 aromatic carbocycles. The predicted octanol–water partition coefficient (Wildman–Crippen LogP) is -0.0881. The maximum absolute atomic E-state index is 12.6. The first-order valence-corrected chi connectivity index (χ1v) is 10.9. The van der Waals surface area contributed by atoms with E-state index in [-0.39, 0.29) is 35.8 Å². The summed E-state index contributed by atoms with van der Waals surface area (Å²) in [4.78, 5) is 43.9. The van der Waals surface area contributed by atoms with Gasteiger partial charge in [-0.1, -0.05) is 18.2 Å². The van der Waals surface area contributed by atoms with E-state index < -0.39 is 0 Å². The fourth-order valence-corrected chi connectivity index (χ4v) is 4.71. The largest absolute Gasteiger partial charge is 0.353 e. The van der Waals surface area contributed by atoms with Gasteiger partial charge >= 0.3 is 0 Å². The molecule has 0 aliphatic carbocycles. The molecule has 0 aromatic heterocycles. The zero-order valence-electron chi connectivity index (χ0n) is 17.5. The number of benzene rings is 1. The van der Waals surface area contributed by atoms with Gasteiger partial charge in [-0.15, -0.1) is 0 Å². The van der Waals surface area contributed by atoms with Crippen molar-refractivity contribution in [2.45, 2.75) is 37.4 Å². The number of carbonyl (C=O) groups excluding carboxylic acids is 3. The first kappa shape index (κ1) is 20.8. The summed E-state index contributed by atoms with van der Waals surface area (Å²) >= 11 is 0. The van der Waals surface area contributed by atoms with Gasteiger partial charge in [-0.3, -0.25) is 19.3 Å². The summed E-state index contributed by atoms with van der Waals surface area (Å²) in [7, 11) is 2.08. The molecule has 1 aromatic rings. The molecule has 0 saturated carbocycles. The van der Waals surface area contributed by atoms with Crippen LogP contribution >= 0.6 is 0 Å². The Hall–Kier alpha value is -2.45. The monoisotopic (exact) mass is 413 g/mol. The van der Waals surface area contributed by atoms with E-state index >= 15 is 0 Å². The van der Waals surface area contributed by atoms with E-state index in [4.69, 9.17) is 0 Å². The van der Waals surface area contributed by atoms with E-state index in [2.05, 4.69) is 27.5 Å². The summed E-state index contributed by atoms with van der Waals surface area (Å²) in [5.74, 6) is 0.112. The van der Waals surface area contributed by atoms with E-state index in [1.807, 2.05) is 23.1 Å². The van der Waals surface area contributed by atoms with Crippen LogP contribution in [0.25, 0.3) is 0 Å². The number of hydrogen-bond acceptors (Lipinski definition) is 5. The molecule has 3 saturated heterocycles. The highest BCUT2D eigenvalue weighted by molar-refractivity contribution is 5.94. The number of nitrogens with zero attached hydrogens (tertiary/aromatic N) is 3. The number of nitrogens with one attached hydrogen (secondary N) is 2. The molecule has 3 aliphatic heterocycles. The van der Waals surface area contributed by atoms with Crippen LogP contribution in [0, 0.1) is 0 Å². The average molecular weight is 414 g/mol. The Labute approximate surface area is 177 Å². The van der Waals surface area contributed by atoms with Crippen molar-refractivity contribution in [1.29, 1.82) is 0 Å². The molecule has 162 valence electrons. The molecule has 3 atom stereocenters. The van der Waals surface area contributed by atoms with Gasteiger partial charge in [-0.05, 0) is 32.0 Å². The van der Waals surface area contributed by atoms with Crippen LogP contribution in [0.1, 0.15) is 29.6 Å². The van der Waals surface area contributed by atoms with Gasteiger partial charge in [-0.2, -0.15) is 0 Å². The summed E-state index contributed by atoms with van der Waals surface area (Å²) in [5.41, 5.74) is 0.626. The molecule has 0 bridgehead atoms. The molecule has 8 nitrogen and oxygen atoms in total. The Morgan fingerprint density at radius 1 is 1.13 bits per heavy atom. The van der Waals surface area contributed by atoms with Crippen LogP contribution in [-0.2, 0) is 9.59 Å². The van der Waals surface area contributed by atoms with Gasteiger partial charge in [0.15, 0.2) is 0 Å². The second-order valence-corrected chi connectivity index (χ2v) is 8.61. The van der Waals surface area contributed by atoms with E-state index in [0.717, 1.165) is 32.6 Å². The van der Waals surface area contributed by atoms with Crippen LogP contribution < -0.4 is 10.6 Å². The summed E-state index contributed by atoms with van der Waals surface area (Å²) in [5, 5.41) is 6.07. The zero-order valence-corrected chi connectivity index (χ0v) is 17.5. The van der Waals surface area contributed by atoms with Crippen molar-refractivity contribution in [1.82, 2.24) is 25.3 Å². The highest BCUT2D eigenvalue weighted by Gasteiger charge is 2.43. The van der Waals surface area contributed by atoms with Crippen molar-refractivity contribution in [2.24, 2.45) is 0 Å². The van der Waals surface area contributed by atoms with Crippen LogP contribution in [0.5, 0.6) is 0 Å². The van der Waals surface area contributed by atoms with Crippen LogP contribution in [0.15, 0.2) is 30.3 Å². The Morgan fingerprint density at radius 3 is 2.60 bits per heavy atom. The maximum Gasteiger partial charge on any atom is 0.251 e. The predicted molar refractivity (Wildman–Crippen MR) is 113 cm³/mol. The van der Waals surface area contributed by atoms with Crippen LogP contribution in [0.2, 0.25) is 0 Å². The Kier molecular flexibility index (Phi) is 6.34. The SMILES string of the molecule is CN1CCN(C(=O)CC[C@H]2CNC(=O)[C@H]3C[C@H](NC(=O)c4ccccc4)CN23)CC1. The fourth-order valence-electron chi connectivity index (χ4n) is 4.71. The number of piperazine rings is 2. The quantitative estimate of drug-likeness (QED) is 0.705. The van der Waals surface area contributed by atoms with Gasteiger partial charge in [0.25, 0.3) is 5.91 Å². The van der Waals surface area contributed by atoms with Crippen LogP contribution in [0.3, 0.4) is 0 Å². The van der Waals surface area contributed by atoms with Gasteiger partial charge in [0, 0.05) is 63.3 Å². The summed E-state index contributed by atoms with van der Waals surface area (Å²) < 4.78 is 0. The highest BCUT2D eigenvalue weighted by Crippen LogP contribution is 2.26. The Balaban J connectivity index is 1.32. The van der Waals surface area contributed by atoms with Gasteiger partial charge in [-0.25, -0.2) is 0 Å². The molecule has 4 rings (SSSR count). The first-order valence-electron chi connectivity index (χ1n) is 10.9. The lowest BCUT2D eigenvalue weighted by Crippen LogP contribution is -2.58. The molecular formula is C22H31N5O3. The van der Waals surface area contributed by atoms with Gasteiger partial charge in [0.05, 0.1) is 6.04 Å². The third kappa shape index (κ3) is 4.65. The fraction of sp³-hybridized carbons (Fsp3) is 0.591. The summed E-state index contributed by atoms with van der Waals surface area (Å²) in [6.07, 6.45) is 1.82. The second-order valence-electron chi connectivity index (χ2n) is 8.61. The third-order valence-corrected chi connectivity index (χ3v) is 6.54. The van der Waals surface area contributed by atoms with Crippen molar-refractivity contribution >= 4 is 17.7 Å². The molecule has 3 aliphatic rings. The van der Waals surface area contributed by atoms with Gasteiger partial charge in [0.1, 0.15) is 0 Å². The van der Waals surface area contributed by atoms with Crippen LogP contribution in [-0.4, -0.2) is 96.9 Å². The van der Waals surface area contributed by atoms with E-state index in [0.29, 0.717) is 31.5 Å². The molecular weight excluding hydrogens is 382 g/mol. The maximum atomic E-state index is 12.6. The van der Waals surface area contributed by atoms with Gasteiger partial charge < -0.3 is 20.4 Å². The third-order valence-electron chi connectivity index (χ3n) is 6.54. The summed E-state index contributed by atoms with van der Waals surface area (Å²) in [6.45, 7) is 4.62. The van der Waals surface area contributed by atoms with E-state index in [9.17, 15) is 14.4 Å². The Bertz CT molecular complexity index is 778. The number of carbonyl (C=O) groups is 3. The van der Waals surface area contributed by atoms with Crippen molar-refractivity contribution < 1.29 is 14.4 Å². The molecule has 2 N–H and O–H groups in total. The topological polar surface area (TPSA) is 85.0 Å². The molecule has 8 heteroatoms. The minimum atomic E-state index is -0.233. The normalized spacial score (nSPS) is 27.4. The van der Waals surface area contributed by atoms with Crippen LogP contribution in [0.4, 0.5) is 0 Å². The molecule has 0 radical (unpaired) electrons. The lowest BCUT2D eigenvalue weighted by Gasteiger charge is -2.38. The molecule has 0 spiro atoms. The van der Waals surface area contributed by atoms with E-state index in [1.54, 1.807) is 12.1 Å². The molecule has 3 heterocycles. The number of rotatable bonds is 5. The molecule has 0 unspecified atom stereocenters. The van der Waals surface area contributed by atoms with Gasteiger partial charge in [0.2, 0.25) is 11.8 Å². The average Bonchev–Trinajstić information content (AvgIpc) is 3.19. The van der Waals surface area contributed by atoms with Crippen molar-refractivity contribution in [3.63, 3.8) is 0 Å². The lowest BCUT2D eigenvalue weighted by atomic mass is 10.0. The standard InChI is InChI=1S/C22H31N5O3/c1-25-9-11-26(12-10-25)20(28)8-7-18-14-23-22(30)19-13-17(15-27(18)19)24-21(29)16-5-3-2-4-6-16/h2-6,17-19H,7-15H2,1H3,(H,23,30)(H,24,29)/t17-,18-,19+/m0/s1. The molecule has 3 fully saturated rings. The number of hydrogen-bond donors (Lipinski definition) is 2. The van der Waals surface area contributed by atoms with Crippen molar-refractivity contribution in [3.8, 4) is 0 Å². The van der Waals surface area contributed by atoms with Crippen molar-refractivity contribution in [3.05, 3.63) is 35.9 Å². The zero-order chi connectivity index (χ0) is 21.1. The smallest absolute Gasteiger partial charge is 0.251 e. The van der Waals surface area contributed by atoms with Crippen molar-refractivity contribution in [2.75, 3.05) is 46.3 Å². The number of amides is 3. The number of likely N-dealkylation sites (N-methyl/N-ethyl adjacent to an activating group) is 1. The summed E-state index contributed by atoms with van der Waals surface area (Å²) in [6, 6.07) is 8.97. The highest BCUT2D eigenvalue weighted by atomic mass is 16.2. The number of fused-ring (bicyclic) bond motifs is 1. The first-order chi connectivity index (χ1) is 14.5. The minimum Gasteiger partial charge on any atom is -0.353 e. The van der Waals surface area contributed by atoms with E-state index in [1.165, 1.54) is 0 Å². The minimum absolute atomic E-state index is 0.0214. The Morgan fingerprint density at radius 2 is 1.87 bits per heavy atom. The second kappa shape index (κ2) is 9.14.